The van der Waals surface area contributed by atoms with Crippen molar-refractivity contribution < 1.29 is 14.6 Å². The second-order valence-corrected chi connectivity index (χ2v) is 8.20. The van der Waals surface area contributed by atoms with E-state index in [0.717, 1.165) is 36.5 Å². The van der Waals surface area contributed by atoms with Crippen LogP contribution in [0.5, 0.6) is 5.75 Å². The van der Waals surface area contributed by atoms with E-state index in [9.17, 15) is 5.11 Å². The first-order valence-corrected chi connectivity index (χ1v) is 9.14. The van der Waals surface area contributed by atoms with Crippen LogP contribution < -0.4 is 4.74 Å². The number of piperidine rings is 1. The predicted octanol–water partition coefficient (Wildman–Crippen LogP) is 2.82. The highest BCUT2D eigenvalue weighted by atomic mass is 16.5. The van der Waals surface area contributed by atoms with E-state index in [0.29, 0.717) is 12.2 Å². The van der Waals surface area contributed by atoms with Gasteiger partial charge in [-0.25, -0.2) is 0 Å². The van der Waals surface area contributed by atoms with Crippen LogP contribution in [0.1, 0.15) is 36.5 Å². The Bertz CT molecular complexity index is 829. The quantitative estimate of drug-likeness (QED) is 0.842. The van der Waals surface area contributed by atoms with Crippen LogP contribution in [0, 0.1) is 6.92 Å². The van der Waals surface area contributed by atoms with Crippen molar-refractivity contribution in [3.63, 3.8) is 0 Å². The topological polar surface area (TPSA) is 41.9 Å². The summed E-state index contributed by atoms with van der Waals surface area (Å²) in [5, 5.41) is 12.0. The molecule has 2 bridgehead atoms. The summed E-state index contributed by atoms with van der Waals surface area (Å²) in [6, 6.07) is 4.48. The fourth-order valence-electron chi connectivity index (χ4n) is 5.79. The molecule has 1 fully saturated rings. The Balaban J connectivity index is 1.80. The zero-order valence-corrected chi connectivity index (χ0v) is 15.1. The van der Waals surface area contributed by atoms with Crippen molar-refractivity contribution in [1.29, 1.82) is 0 Å². The number of allylic oxidation sites excluding steroid dienone is 1. The summed E-state index contributed by atoms with van der Waals surface area (Å²) in [6.07, 6.45) is 4.10. The minimum atomic E-state index is -0.821. The number of ether oxygens (including phenoxy) is 2. The van der Waals surface area contributed by atoms with Gasteiger partial charge in [-0.1, -0.05) is 18.7 Å². The minimum absolute atomic E-state index is 0.108. The summed E-state index contributed by atoms with van der Waals surface area (Å²) in [7, 11) is 2.13. The van der Waals surface area contributed by atoms with Crippen LogP contribution in [0.3, 0.4) is 0 Å². The highest BCUT2D eigenvalue weighted by molar-refractivity contribution is 5.61. The summed E-state index contributed by atoms with van der Waals surface area (Å²) in [5.74, 6) is 2.43. The van der Waals surface area contributed by atoms with Gasteiger partial charge in [0, 0.05) is 18.0 Å². The SMILES string of the molecule is C=C(C)OC1=CC[C@@]2(O)[C@H]3Cc4ccc(C)c5c4[C@@]2(CCN3C)C1O5. The molecule has 4 heteroatoms. The molecule has 2 heterocycles. The van der Waals surface area contributed by atoms with Crippen LogP contribution in [0.2, 0.25) is 0 Å². The summed E-state index contributed by atoms with van der Waals surface area (Å²) in [5.41, 5.74) is 2.45. The number of benzene rings is 1. The van der Waals surface area contributed by atoms with E-state index in [1.165, 1.54) is 11.1 Å². The van der Waals surface area contributed by atoms with Gasteiger partial charge in [-0.2, -0.15) is 0 Å². The van der Waals surface area contributed by atoms with Gasteiger partial charge in [0.25, 0.3) is 0 Å². The van der Waals surface area contributed by atoms with Crippen molar-refractivity contribution >= 4 is 0 Å². The molecule has 1 aromatic carbocycles. The van der Waals surface area contributed by atoms with Gasteiger partial charge >= 0.3 is 0 Å². The lowest BCUT2D eigenvalue weighted by Crippen LogP contribution is -2.74. The molecule has 2 aliphatic carbocycles. The van der Waals surface area contributed by atoms with E-state index in [2.05, 4.69) is 37.6 Å². The molecular formula is C21H25NO3. The van der Waals surface area contributed by atoms with Gasteiger partial charge in [0.1, 0.15) is 11.5 Å². The van der Waals surface area contributed by atoms with E-state index in [1.807, 2.05) is 13.0 Å². The van der Waals surface area contributed by atoms with Crippen LogP contribution in [0.15, 0.2) is 36.3 Å². The highest BCUT2D eigenvalue weighted by Crippen LogP contribution is 2.64. The Labute approximate surface area is 148 Å². The average Bonchev–Trinajstić information content (AvgIpc) is 2.91. The Morgan fingerprint density at radius 3 is 3.00 bits per heavy atom. The molecule has 0 saturated carbocycles. The van der Waals surface area contributed by atoms with Gasteiger partial charge < -0.3 is 19.5 Å². The van der Waals surface area contributed by atoms with Crippen LogP contribution in [0.4, 0.5) is 0 Å². The molecule has 132 valence electrons. The van der Waals surface area contributed by atoms with E-state index < -0.39 is 11.0 Å². The summed E-state index contributed by atoms with van der Waals surface area (Å²) in [6.45, 7) is 8.80. The second kappa shape index (κ2) is 4.68. The molecule has 1 aromatic rings. The van der Waals surface area contributed by atoms with Gasteiger partial charge in [-0.05, 0) is 57.5 Å². The second-order valence-electron chi connectivity index (χ2n) is 8.20. The normalized spacial score (nSPS) is 37.8. The molecule has 4 nitrogen and oxygen atoms in total. The molecule has 0 aromatic heterocycles. The van der Waals surface area contributed by atoms with E-state index in [1.54, 1.807) is 0 Å². The standard InChI is InChI=1S/C21H25NO3/c1-12(2)24-15-7-8-21(23)16-11-14-6-5-13(3)18-17(14)20(21,19(15)25-18)9-10-22(16)4/h5-7,16,19,23H,1,8-11H2,2-4H3/t16-,19?,20+,21-/m1/s1. The van der Waals surface area contributed by atoms with Crippen molar-refractivity contribution in [1.82, 2.24) is 4.90 Å². The number of hydrogen-bond donors (Lipinski definition) is 1. The zero-order chi connectivity index (χ0) is 17.6. The van der Waals surface area contributed by atoms with E-state index in [-0.39, 0.29) is 12.1 Å². The Morgan fingerprint density at radius 1 is 1.44 bits per heavy atom. The number of hydrogen-bond acceptors (Lipinski definition) is 4. The zero-order valence-electron chi connectivity index (χ0n) is 15.1. The minimum Gasteiger partial charge on any atom is -0.481 e. The molecule has 1 spiro atoms. The Hall–Kier alpha value is -1.78. The number of likely N-dealkylation sites (N-methyl/N-ethyl adjacent to an activating group) is 1. The molecular weight excluding hydrogens is 314 g/mol. The van der Waals surface area contributed by atoms with Crippen LogP contribution >= 0.6 is 0 Å². The van der Waals surface area contributed by atoms with E-state index >= 15 is 0 Å². The third-order valence-corrected chi connectivity index (χ3v) is 6.86. The largest absolute Gasteiger partial charge is 0.481 e. The van der Waals surface area contributed by atoms with Crippen molar-refractivity contribution in [2.75, 3.05) is 13.6 Å². The van der Waals surface area contributed by atoms with Gasteiger partial charge in [-0.15, -0.1) is 0 Å². The lowest BCUT2D eigenvalue weighted by molar-refractivity contribution is -0.163. The van der Waals surface area contributed by atoms with Gasteiger partial charge in [-0.3, -0.25) is 0 Å². The lowest BCUT2D eigenvalue weighted by Gasteiger charge is -2.61. The summed E-state index contributed by atoms with van der Waals surface area (Å²) < 4.78 is 12.5. The fraction of sp³-hybridized carbons (Fsp3) is 0.524. The summed E-state index contributed by atoms with van der Waals surface area (Å²) >= 11 is 0. The Kier molecular flexibility index (Phi) is 2.90. The van der Waals surface area contributed by atoms with Crippen molar-refractivity contribution in [3.8, 4) is 5.75 Å². The smallest absolute Gasteiger partial charge is 0.168 e. The molecule has 1 unspecified atom stereocenters. The Morgan fingerprint density at radius 2 is 2.24 bits per heavy atom. The number of nitrogens with zero attached hydrogens (tertiary/aromatic N) is 1. The van der Waals surface area contributed by atoms with Gasteiger partial charge in [0.15, 0.2) is 6.10 Å². The third-order valence-electron chi connectivity index (χ3n) is 6.86. The molecule has 4 atom stereocenters. The highest BCUT2D eigenvalue weighted by Gasteiger charge is 2.71. The third kappa shape index (κ3) is 1.65. The summed E-state index contributed by atoms with van der Waals surface area (Å²) in [4.78, 5) is 2.32. The molecule has 2 aliphatic heterocycles. The van der Waals surface area contributed by atoms with Crippen LogP contribution in [-0.4, -0.2) is 41.3 Å². The maximum Gasteiger partial charge on any atom is 0.168 e. The average molecular weight is 339 g/mol. The molecule has 1 N–H and O–H groups in total. The number of likely N-dealkylation sites (tertiary alicyclic amines) is 1. The molecule has 5 rings (SSSR count). The van der Waals surface area contributed by atoms with E-state index in [4.69, 9.17) is 9.47 Å². The molecule has 0 amide bonds. The molecule has 25 heavy (non-hydrogen) atoms. The number of aliphatic hydroxyl groups is 1. The first kappa shape index (κ1) is 15.5. The molecule has 4 aliphatic rings. The first-order valence-electron chi connectivity index (χ1n) is 9.14. The van der Waals surface area contributed by atoms with Crippen molar-refractivity contribution in [2.45, 2.75) is 56.3 Å². The van der Waals surface area contributed by atoms with Gasteiger partial charge in [0.05, 0.1) is 16.8 Å². The maximum atomic E-state index is 12.0. The maximum absolute atomic E-state index is 12.0. The monoisotopic (exact) mass is 339 g/mol. The number of aryl methyl sites for hydroxylation is 1. The fourth-order valence-corrected chi connectivity index (χ4v) is 5.79. The predicted molar refractivity (Wildman–Crippen MR) is 95.6 cm³/mol. The molecule has 1 saturated heterocycles. The van der Waals surface area contributed by atoms with Crippen LogP contribution in [0.25, 0.3) is 0 Å². The van der Waals surface area contributed by atoms with Crippen molar-refractivity contribution in [3.05, 3.63) is 53.0 Å². The first-order chi connectivity index (χ1) is 11.9. The van der Waals surface area contributed by atoms with Gasteiger partial charge in [0.2, 0.25) is 0 Å². The van der Waals surface area contributed by atoms with Crippen LogP contribution in [-0.2, 0) is 16.6 Å². The lowest BCUT2D eigenvalue weighted by atomic mass is 9.50. The number of rotatable bonds is 2. The van der Waals surface area contributed by atoms with Crippen molar-refractivity contribution in [2.24, 2.45) is 0 Å². The molecule has 0 radical (unpaired) electrons.